The smallest absolute Gasteiger partial charge is 0.227 e. The van der Waals surface area contributed by atoms with Crippen LogP contribution < -0.4 is 14.2 Å². The first-order chi connectivity index (χ1) is 13.6. The molecule has 1 amide bonds. The van der Waals surface area contributed by atoms with Gasteiger partial charge in [0.15, 0.2) is 11.5 Å². The van der Waals surface area contributed by atoms with Crippen LogP contribution in [0.3, 0.4) is 0 Å². The summed E-state index contributed by atoms with van der Waals surface area (Å²) in [5, 5.41) is 0. The fourth-order valence-electron chi connectivity index (χ4n) is 3.42. The van der Waals surface area contributed by atoms with Crippen molar-refractivity contribution >= 4 is 5.91 Å². The Balaban J connectivity index is 1.50. The lowest BCUT2D eigenvalue weighted by molar-refractivity contribution is -0.132. The highest BCUT2D eigenvalue weighted by atomic mass is 16.5. The molecule has 0 radical (unpaired) electrons. The second kappa shape index (κ2) is 9.46. The molecule has 0 spiro atoms. The van der Waals surface area contributed by atoms with E-state index in [4.69, 9.17) is 14.2 Å². The molecule has 2 aromatic rings. The van der Waals surface area contributed by atoms with Crippen LogP contribution in [-0.4, -0.2) is 63.2 Å². The van der Waals surface area contributed by atoms with Gasteiger partial charge in [-0.15, -0.1) is 0 Å². The largest absolute Gasteiger partial charge is 0.497 e. The molecule has 6 heteroatoms. The van der Waals surface area contributed by atoms with Crippen LogP contribution in [0.1, 0.15) is 11.1 Å². The van der Waals surface area contributed by atoms with Gasteiger partial charge in [-0.3, -0.25) is 9.69 Å². The molecule has 1 aliphatic rings. The SMILES string of the molecule is COc1ccc(CC(=O)N2CCN(Cc3ccc(OC)c(OC)c3)CC2)cc1. The van der Waals surface area contributed by atoms with Gasteiger partial charge < -0.3 is 19.1 Å². The zero-order chi connectivity index (χ0) is 19.9. The number of rotatable bonds is 7. The topological polar surface area (TPSA) is 51.2 Å². The molecule has 0 bridgehead atoms. The predicted molar refractivity (Wildman–Crippen MR) is 108 cm³/mol. The van der Waals surface area contributed by atoms with E-state index in [0.717, 1.165) is 55.5 Å². The van der Waals surface area contributed by atoms with Crippen LogP contribution in [0, 0.1) is 0 Å². The molecule has 0 atom stereocenters. The summed E-state index contributed by atoms with van der Waals surface area (Å²) < 4.78 is 15.8. The molecule has 0 unspecified atom stereocenters. The molecule has 0 aromatic heterocycles. The zero-order valence-electron chi connectivity index (χ0n) is 16.8. The van der Waals surface area contributed by atoms with Gasteiger partial charge in [0.25, 0.3) is 0 Å². The van der Waals surface area contributed by atoms with E-state index in [-0.39, 0.29) is 5.91 Å². The molecule has 0 N–H and O–H groups in total. The molecule has 1 heterocycles. The van der Waals surface area contributed by atoms with Gasteiger partial charge in [0, 0.05) is 32.7 Å². The standard InChI is InChI=1S/C22H28N2O4/c1-26-19-7-4-17(5-8-19)15-22(25)24-12-10-23(11-13-24)16-18-6-9-20(27-2)21(14-18)28-3/h4-9,14H,10-13,15-16H2,1-3H3. The van der Waals surface area contributed by atoms with E-state index in [1.807, 2.05) is 41.3 Å². The summed E-state index contributed by atoms with van der Waals surface area (Å²) in [6.07, 6.45) is 0.430. The van der Waals surface area contributed by atoms with Crippen LogP contribution in [0.25, 0.3) is 0 Å². The lowest BCUT2D eigenvalue weighted by Gasteiger charge is -2.35. The van der Waals surface area contributed by atoms with Gasteiger partial charge in [-0.1, -0.05) is 18.2 Å². The maximum absolute atomic E-state index is 12.6. The van der Waals surface area contributed by atoms with Crippen molar-refractivity contribution in [2.24, 2.45) is 0 Å². The van der Waals surface area contributed by atoms with E-state index < -0.39 is 0 Å². The first-order valence-electron chi connectivity index (χ1n) is 9.47. The summed E-state index contributed by atoms with van der Waals surface area (Å²) in [4.78, 5) is 16.9. The lowest BCUT2D eigenvalue weighted by atomic mass is 10.1. The maximum Gasteiger partial charge on any atom is 0.227 e. The van der Waals surface area contributed by atoms with Crippen molar-refractivity contribution in [2.75, 3.05) is 47.5 Å². The highest BCUT2D eigenvalue weighted by Crippen LogP contribution is 2.28. The number of piperazine rings is 1. The fourth-order valence-corrected chi connectivity index (χ4v) is 3.42. The summed E-state index contributed by atoms with van der Waals surface area (Å²) in [5.74, 6) is 2.46. The third-order valence-electron chi connectivity index (χ3n) is 5.09. The first-order valence-corrected chi connectivity index (χ1v) is 9.47. The van der Waals surface area contributed by atoms with Gasteiger partial charge in [0.2, 0.25) is 5.91 Å². The Hall–Kier alpha value is -2.73. The summed E-state index contributed by atoms with van der Waals surface area (Å²) in [6, 6.07) is 13.7. The van der Waals surface area contributed by atoms with Gasteiger partial charge in [0.05, 0.1) is 27.8 Å². The minimum atomic E-state index is 0.177. The van der Waals surface area contributed by atoms with Gasteiger partial charge in [-0.25, -0.2) is 0 Å². The van der Waals surface area contributed by atoms with Gasteiger partial charge in [-0.2, -0.15) is 0 Å². The lowest BCUT2D eigenvalue weighted by Crippen LogP contribution is -2.48. The molecule has 0 saturated carbocycles. The predicted octanol–water partition coefficient (Wildman–Crippen LogP) is 2.60. The second-order valence-electron chi connectivity index (χ2n) is 6.87. The molecule has 1 saturated heterocycles. The van der Waals surface area contributed by atoms with Crippen molar-refractivity contribution in [1.82, 2.24) is 9.80 Å². The van der Waals surface area contributed by atoms with Crippen LogP contribution in [0.15, 0.2) is 42.5 Å². The number of amides is 1. The van der Waals surface area contributed by atoms with Gasteiger partial charge >= 0.3 is 0 Å². The quantitative estimate of drug-likeness (QED) is 0.735. The molecule has 6 nitrogen and oxygen atoms in total. The van der Waals surface area contributed by atoms with Crippen LogP contribution in [-0.2, 0) is 17.8 Å². The van der Waals surface area contributed by atoms with Crippen LogP contribution >= 0.6 is 0 Å². The van der Waals surface area contributed by atoms with Crippen molar-refractivity contribution in [2.45, 2.75) is 13.0 Å². The molecule has 1 aliphatic heterocycles. The van der Waals surface area contributed by atoms with E-state index >= 15 is 0 Å². The van der Waals surface area contributed by atoms with Crippen LogP contribution in [0.5, 0.6) is 17.2 Å². The van der Waals surface area contributed by atoms with Crippen molar-refractivity contribution in [1.29, 1.82) is 0 Å². The number of benzene rings is 2. The Labute approximate surface area is 166 Å². The van der Waals surface area contributed by atoms with Crippen LogP contribution in [0.2, 0.25) is 0 Å². The zero-order valence-corrected chi connectivity index (χ0v) is 16.8. The Bertz CT molecular complexity index is 784. The number of carbonyl (C=O) groups is 1. The van der Waals surface area contributed by atoms with E-state index in [1.165, 1.54) is 5.56 Å². The molecule has 0 aliphatic carbocycles. The number of carbonyl (C=O) groups excluding carboxylic acids is 1. The summed E-state index contributed by atoms with van der Waals surface area (Å²) >= 11 is 0. The molecule has 150 valence electrons. The molecular formula is C22H28N2O4. The van der Waals surface area contributed by atoms with E-state index in [0.29, 0.717) is 6.42 Å². The highest BCUT2D eigenvalue weighted by Gasteiger charge is 2.21. The minimum Gasteiger partial charge on any atom is -0.497 e. The van der Waals surface area contributed by atoms with E-state index in [9.17, 15) is 4.79 Å². The number of nitrogens with zero attached hydrogens (tertiary/aromatic N) is 2. The Morgan fingerprint density at radius 1 is 0.821 bits per heavy atom. The summed E-state index contributed by atoms with van der Waals surface area (Å²) in [5.41, 5.74) is 2.19. The third-order valence-corrected chi connectivity index (χ3v) is 5.09. The molecular weight excluding hydrogens is 356 g/mol. The number of hydrogen-bond donors (Lipinski definition) is 0. The van der Waals surface area contributed by atoms with Gasteiger partial charge in [0.1, 0.15) is 5.75 Å². The number of hydrogen-bond acceptors (Lipinski definition) is 5. The average molecular weight is 384 g/mol. The Kier molecular flexibility index (Phi) is 6.76. The second-order valence-corrected chi connectivity index (χ2v) is 6.87. The van der Waals surface area contributed by atoms with Crippen molar-refractivity contribution < 1.29 is 19.0 Å². The molecule has 1 fully saturated rings. The summed E-state index contributed by atoms with van der Waals surface area (Å²) in [7, 11) is 4.93. The Morgan fingerprint density at radius 2 is 1.46 bits per heavy atom. The van der Waals surface area contributed by atoms with Gasteiger partial charge in [-0.05, 0) is 35.4 Å². The average Bonchev–Trinajstić information content (AvgIpc) is 2.74. The number of methoxy groups -OCH3 is 3. The molecule has 28 heavy (non-hydrogen) atoms. The van der Waals surface area contributed by atoms with Crippen molar-refractivity contribution in [3.05, 3.63) is 53.6 Å². The fraction of sp³-hybridized carbons (Fsp3) is 0.409. The maximum atomic E-state index is 12.6. The van der Waals surface area contributed by atoms with Crippen molar-refractivity contribution in [3.63, 3.8) is 0 Å². The molecule has 3 rings (SSSR count). The third kappa shape index (κ3) is 4.95. The van der Waals surface area contributed by atoms with Crippen molar-refractivity contribution in [3.8, 4) is 17.2 Å². The monoisotopic (exact) mass is 384 g/mol. The van der Waals surface area contributed by atoms with E-state index in [2.05, 4.69) is 11.0 Å². The first kappa shape index (κ1) is 20.0. The number of ether oxygens (including phenoxy) is 3. The Morgan fingerprint density at radius 3 is 2.07 bits per heavy atom. The van der Waals surface area contributed by atoms with E-state index in [1.54, 1.807) is 21.3 Å². The molecule has 2 aromatic carbocycles. The summed E-state index contributed by atoms with van der Waals surface area (Å²) in [6.45, 7) is 4.07. The minimum absolute atomic E-state index is 0.177. The highest BCUT2D eigenvalue weighted by molar-refractivity contribution is 5.79. The normalized spacial score (nSPS) is 14.6. The van der Waals surface area contributed by atoms with Crippen LogP contribution in [0.4, 0.5) is 0 Å².